The molecule has 1 aromatic carbocycles. The smallest absolute Gasteiger partial charge is 0.255 e. The van der Waals surface area contributed by atoms with E-state index in [0.29, 0.717) is 0 Å². The SMILES string of the molecule is Cc1ccc(F)c(NC(=O)c2cc(Cl)nc(Cl)c2)c1. The molecule has 0 spiro atoms. The quantitative estimate of drug-likeness (QED) is 0.849. The normalized spacial score (nSPS) is 10.3. The Kier molecular flexibility index (Phi) is 4.02. The molecule has 0 aliphatic heterocycles. The lowest BCUT2D eigenvalue weighted by Crippen LogP contribution is -2.13. The Balaban J connectivity index is 2.28. The Hall–Kier alpha value is -1.65. The van der Waals surface area contributed by atoms with Crippen molar-refractivity contribution in [2.45, 2.75) is 6.92 Å². The van der Waals surface area contributed by atoms with Gasteiger partial charge in [0.2, 0.25) is 0 Å². The van der Waals surface area contributed by atoms with Crippen molar-refractivity contribution in [1.29, 1.82) is 0 Å². The Morgan fingerprint density at radius 1 is 1.21 bits per heavy atom. The van der Waals surface area contributed by atoms with Crippen molar-refractivity contribution in [2.24, 2.45) is 0 Å². The fraction of sp³-hybridized carbons (Fsp3) is 0.0769. The van der Waals surface area contributed by atoms with Crippen LogP contribution in [0.4, 0.5) is 10.1 Å². The first-order valence-corrected chi connectivity index (χ1v) is 6.12. The van der Waals surface area contributed by atoms with E-state index < -0.39 is 11.7 Å². The zero-order valence-electron chi connectivity index (χ0n) is 9.88. The van der Waals surface area contributed by atoms with E-state index >= 15 is 0 Å². The first-order valence-electron chi connectivity index (χ1n) is 5.36. The fourth-order valence-electron chi connectivity index (χ4n) is 1.53. The number of carbonyl (C=O) groups excluding carboxylic acids is 1. The molecule has 0 fully saturated rings. The predicted molar refractivity (Wildman–Crippen MR) is 73.3 cm³/mol. The molecule has 2 rings (SSSR count). The molecule has 3 nitrogen and oxygen atoms in total. The van der Waals surface area contributed by atoms with Crippen molar-refractivity contribution in [3.05, 3.63) is 57.6 Å². The molecular weight excluding hydrogens is 290 g/mol. The molecule has 0 unspecified atom stereocenters. The van der Waals surface area contributed by atoms with Crippen LogP contribution in [0, 0.1) is 12.7 Å². The number of halogens is 3. The van der Waals surface area contributed by atoms with Crippen LogP contribution in [-0.2, 0) is 0 Å². The Morgan fingerprint density at radius 2 is 1.84 bits per heavy atom. The molecule has 0 bridgehead atoms. The maximum absolute atomic E-state index is 13.5. The van der Waals surface area contributed by atoms with E-state index in [1.165, 1.54) is 24.3 Å². The summed E-state index contributed by atoms with van der Waals surface area (Å²) in [6.45, 7) is 1.80. The number of pyridine rings is 1. The second kappa shape index (κ2) is 5.55. The van der Waals surface area contributed by atoms with Crippen LogP contribution in [0.15, 0.2) is 30.3 Å². The van der Waals surface area contributed by atoms with E-state index in [4.69, 9.17) is 23.2 Å². The van der Waals surface area contributed by atoms with E-state index in [-0.39, 0.29) is 21.6 Å². The molecule has 0 saturated carbocycles. The highest BCUT2D eigenvalue weighted by Crippen LogP contribution is 2.19. The number of carbonyl (C=O) groups is 1. The second-order valence-corrected chi connectivity index (χ2v) is 4.71. The molecular formula is C13H9Cl2FN2O. The average molecular weight is 299 g/mol. The lowest BCUT2D eigenvalue weighted by atomic mass is 10.2. The van der Waals surface area contributed by atoms with Crippen LogP contribution < -0.4 is 5.32 Å². The van der Waals surface area contributed by atoms with Gasteiger partial charge in [0, 0.05) is 5.56 Å². The third-order valence-corrected chi connectivity index (χ3v) is 2.78. The van der Waals surface area contributed by atoms with Crippen molar-refractivity contribution in [1.82, 2.24) is 4.98 Å². The molecule has 1 N–H and O–H groups in total. The maximum atomic E-state index is 13.5. The maximum Gasteiger partial charge on any atom is 0.255 e. The fourth-order valence-corrected chi connectivity index (χ4v) is 1.99. The molecule has 1 amide bonds. The minimum absolute atomic E-state index is 0.0994. The second-order valence-electron chi connectivity index (χ2n) is 3.94. The van der Waals surface area contributed by atoms with E-state index in [0.717, 1.165) is 5.56 Å². The number of amides is 1. The lowest BCUT2D eigenvalue weighted by molar-refractivity contribution is 0.102. The standard InChI is InChI=1S/C13H9Cl2FN2O/c1-7-2-3-9(16)10(4-7)17-13(19)8-5-11(14)18-12(15)6-8/h2-6H,1H3,(H,17,19). The summed E-state index contributed by atoms with van der Waals surface area (Å²) in [5, 5.41) is 2.66. The average Bonchev–Trinajstić information content (AvgIpc) is 2.32. The van der Waals surface area contributed by atoms with Crippen molar-refractivity contribution in [3.8, 4) is 0 Å². The lowest BCUT2D eigenvalue weighted by Gasteiger charge is -2.07. The number of nitrogens with zero attached hydrogens (tertiary/aromatic N) is 1. The van der Waals surface area contributed by atoms with Gasteiger partial charge in [-0.15, -0.1) is 0 Å². The summed E-state index contributed by atoms with van der Waals surface area (Å²) in [6, 6.07) is 7.16. The van der Waals surface area contributed by atoms with Crippen LogP contribution in [0.25, 0.3) is 0 Å². The molecule has 98 valence electrons. The molecule has 1 heterocycles. The third kappa shape index (κ3) is 3.43. The van der Waals surface area contributed by atoms with Gasteiger partial charge >= 0.3 is 0 Å². The van der Waals surface area contributed by atoms with Gasteiger partial charge in [0.25, 0.3) is 5.91 Å². The van der Waals surface area contributed by atoms with Gasteiger partial charge in [-0.1, -0.05) is 29.3 Å². The summed E-state index contributed by atoms with van der Waals surface area (Å²) >= 11 is 11.4. The summed E-state index contributed by atoms with van der Waals surface area (Å²) in [4.78, 5) is 15.7. The summed E-state index contributed by atoms with van der Waals surface area (Å²) in [7, 11) is 0. The third-order valence-electron chi connectivity index (χ3n) is 2.40. The largest absolute Gasteiger partial charge is 0.319 e. The van der Waals surface area contributed by atoms with E-state index in [2.05, 4.69) is 10.3 Å². The summed E-state index contributed by atoms with van der Waals surface area (Å²) in [5.41, 5.74) is 1.16. The Morgan fingerprint density at radius 3 is 2.47 bits per heavy atom. The number of benzene rings is 1. The number of aryl methyl sites for hydroxylation is 1. The molecule has 0 aliphatic carbocycles. The highest BCUT2D eigenvalue weighted by Gasteiger charge is 2.11. The van der Waals surface area contributed by atoms with E-state index in [1.54, 1.807) is 13.0 Å². The van der Waals surface area contributed by atoms with Gasteiger partial charge in [0.1, 0.15) is 16.1 Å². The summed E-state index contributed by atoms with van der Waals surface area (Å²) in [5.74, 6) is -1.01. The van der Waals surface area contributed by atoms with E-state index in [9.17, 15) is 9.18 Å². The number of rotatable bonds is 2. The van der Waals surface area contributed by atoms with Gasteiger partial charge in [-0.3, -0.25) is 4.79 Å². The van der Waals surface area contributed by atoms with Crippen LogP contribution in [0.2, 0.25) is 10.3 Å². The summed E-state index contributed by atoms with van der Waals surface area (Å²) in [6.07, 6.45) is 0. The van der Waals surface area contributed by atoms with Crippen LogP contribution in [0.1, 0.15) is 15.9 Å². The Labute approximate surface area is 119 Å². The van der Waals surface area contributed by atoms with Crippen LogP contribution in [0.3, 0.4) is 0 Å². The first kappa shape index (κ1) is 13.8. The molecule has 2 aromatic rings. The molecule has 0 radical (unpaired) electrons. The topological polar surface area (TPSA) is 42.0 Å². The first-order chi connectivity index (χ1) is 8.95. The highest BCUT2D eigenvalue weighted by molar-refractivity contribution is 6.33. The number of anilines is 1. The van der Waals surface area contributed by atoms with Crippen molar-refractivity contribution in [3.63, 3.8) is 0 Å². The molecule has 0 atom stereocenters. The highest BCUT2D eigenvalue weighted by atomic mass is 35.5. The minimum atomic E-state index is -0.509. The predicted octanol–water partition coefficient (Wildman–Crippen LogP) is 4.09. The zero-order valence-corrected chi connectivity index (χ0v) is 11.4. The van der Waals surface area contributed by atoms with Crippen molar-refractivity contribution in [2.75, 3.05) is 5.32 Å². The zero-order chi connectivity index (χ0) is 14.0. The van der Waals surface area contributed by atoms with Gasteiger partial charge in [-0.2, -0.15) is 0 Å². The van der Waals surface area contributed by atoms with Crippen LogP contribution in [0.5, 0.6) is 0 Å². The Bertz CT molecular complexity index is 626. The monoisotopic (exact) mass is 298 g/mol. The molecule has 1 aromatic heterocycles. The number of nitrogens with one attached hydrogen (secondary N) is 1. The van der Waals surface area contributed by atoms with Gasteiger partial charge in [0.15, 0.2) is 0 Å². The van der Waals surface area contributed by atoms with Gasteiger partial charge in [-0.05, 0) is 36.8 Å². The van der Waals surface area contributed by atoms with Gasteiger partial charge in [-0.25, -0.2) is 9.37 Å². The molecule has 0 aliphatic rings. The summed E-state index contributed by atoms with van der Waals surface area (Å²) < 4.78 is 13.5. The molecule has 6 heteroatoms. The number of hydrogen-bond acceptors (Lipinski definition) is 2. The van der Waals surface area contributed by atoms with Gasteiger partial charge in [0.05, 0.1) is 5.69 Å². The van der Waals surface area contributed by atoms with Gasteiger partial charge < -0.3 is 5.32 Å². The minimum Gasteiger partial charge on any atom is -0.319 e. The van der Waals surface area contributed by atoms with Crippen molar-refractivity contribution >= 4 is 34.8 Å². The van der Waals surface area contributed by atoms with Crippen LogP contribution >= 0.6 is 23.2 Å². The number of hydrogen-bond donors (Lipinski definition) is 1. The van der Waals surface area contributed by atoms with Crippen molar-refractivity contribution < 1.29 is 9.18 Å². The van der Waals surface area contributed by atoms with E-state index in [1.807, 2.05) is 0 Å². The van der Waals surface area contributed by atoms with Crippen LogP contribution in [-0.4, -0.2) is 10.9 Å². The molecule has 0 saturated heterocycles. The number of aromatic nitrogens is 1. The molecule has 19 heavy (non-hydrogen) atoms.